The molecule has 4 nitrogen and oxygen atoms in total. The van der Waals surface area contributed by atoms with E-state index in [1.165, 1.54) is 289 Å². The lowest BCUT2D eigenvalue weighted by Crippen LogP contribution is -2.14. The molecule has 2 N–H and O–H groups in total. The minimum Gasteiger partial charge on any atom is -0.481 e. The van der Waals surface area contributed by atoms with Gasteiger partial charge in [-0.1, -0.05) is 296 Å². The van der Waals surface area contributed by atoms with Crippen LogP contribution in [0.3, 0.4) is 0 Å². The summed E-state index contributed by atoms with van der Waals surface area (Å²) in [5, 5.41) is 18.4. The van der Waals surface area contributed by atoms with Gasteiger partial charge >= 0.3 is 11.9 Å². The number of carbonyl (C=O) groups is 2. The highest BCUT2D eigenvalue weighted by Gasteiger charge is 2.19. The van der Waals surface area contributed by atoms with E-state index in [9.17, 15) is 14.7 Å². The largest absolute Gasteiger partial charge is 0.481 e. The molecule has 0 saturated heterocycles. The normalized spacial score (nSPS) is 12.8. The molecule has 0 bridgehead atoms. The Morgan fingerprint density at radius 1 is 0.333 bits per heavy atom. The quantitative estimate of drug-likeness (QED) is 0.0472. The molecule has 0 aromatic carbocycles. The summed E-state index contributed by atoms with van der Waals surface area (Å²) in [6.45, 7) is 4.60. The second-order valence-corrected chi connectivity index (χ2v) is 19.5. The Hall–Kier alpha value is -1.32. The Morgan fingerprint density at radius 2 is 0.567 bits per heavy atom. The fraction of sp³-hybridized carbons (Fsp3) is 0.929. The van der Waals surface area contributed by atoms with Crippen molar-refractivity contribution in [1.29, 1.82) is 0 Å². The Kier molecular flexibility index (Phi) is 49.2. The first-order valence-electron chi connectivity index (χ1n) is 27.6. The van der Waals surface area contributed by atoms with Crippen molar-refractivity contribution in [3.8, 4) is 0 Å². The second-order valence-electron chi connectivity index (χ2n) is 19.5. The van der Waals surface area contributed by atoms with Crippen LogP contribution < -0.4 is 0 Å². The number of aliphatic carboxylic acids is 2. The molecule has 0 aromatic rings. The predicted octanol–water partition coefficient (Wildman–Crippen LogP) is 19.7. The third-order valence-electron chi connectivity index (χ3n) is 13.6. The molecule has 4 heteroatoms. The maximum atomic E-state index is 11.7. The summed E-state index contributed by atoms with van der Waals surface area (Å²) in [6, 6.07) is 0. The fourth-order valence-electron chi connectivity index (χ4n) is 9.60. The summed E-state index contributed by atoms with van der Waals surface area (Å²) in [5.74, 6) is -0.417. The minimum atomic E-state index is -0.786. The number of hydrogen-bond donors (Lipinski definition) is 2. The molecular weight excluding hydrogens is 737 g/mol. The van der Waals surface area contributed by atoms with E-state index < -0.39 is 11.9 Å². The highest BCUT2D eigenvalue weighted by Crippen LogP contribution is 2.31. The molecule has 0 radical (unpaired) electrons. The van der Waals surface area contributed by atoms with Gasteiger partial charge in [-0.2, -0.15) is 0 Å². The lowest BCUT2D eigenvalue weighted by Gasteiger charge is -2.25. The zero-order valence-electron chi connectivity index (χ0n) is 41.0. The van der Waals surface area contributed by atoms with Gasteiger partial charge in [0.1, 0.15) is 0 Å². The minimum absolute atomic E-state index is 0.319. The number of hydrogen-bond acceptors (Lipinski definition) is 2. The van der Waals surface area contributed by atoms with Crippen molar-refractivity contribution < 1.29 is 19.8 Å². The summed E-state index contributed by atoms with van der Waals surface area (Å²) < 4.78 is 0. The van der Waals surface area contributed by atoms with Crippen LogP contribution in [0, 0.1) is 11.8 Å². The predicted molar refractivity (Wildman–Crippen MR) is 264 cm³/mol. The lowest BCUT2D eigenvalue weighted by atomic mass is 9.80. The van der Waals surface area contributed by atoms with E-state index >= 15 is 0 Å². The van der Waals surface area contributed by atoms with Crippen LogP contribution in [0.25, 0.3) is 0 Å². The fourth-order valence-corrected chi connectivity index (χ4v) is 9.60. The van der Waals surface area contributed by atoms with Gasteiger partial charge in [0, 0.05) is 12.5 Å². The molecule has 2 unspecified atom stereocenters. The van der Waals surface area contributed by atoms with Crippen molar-refractivity contribution in [2.24, 2.45) is 11.8 Å². The first-order chi connectivity index (χ1) is 29.5. The van der Waals surface area contributed by atoms with Gasteiger partial charge in [0.25, 0.3) is 0 Å². The number of carboxylic acid groups (broad SMARTS) is 2. The highest BCUT2D eigenvalue weighted by molar-refractivity contribution is 5.79. The third-order valence-corrected chi connectivity index (χ3v) is 13.6. The van der Waals surface area contributed by atoms with Gasteiger partial charge in [-0.15, -0.1) is 0 Å². The first-order valence-corrected chi connectivity index (χ1v) is 27.6. The van der Waals surface area contributed by atoms with Crippen molar-refractivity contribution in [3.63, 3.8) is 0 Å². The average molecular weight is 845 g/mol. The summed E-state index contributed by atoms with van der Waals surface area (Å²) in [7, 11) is 0. The Balaban J connectivity index is 4.51. The van der Waals surface area contributed by atoms with Gasteiger partial charge in [-0.25, -0.2) is 4.79 Å². The zero-order chi connectivity index (χ0) is 43.7. The molecule has 0 aliphatic rings. The van der Waals surface area contributed by atoms with E-state index in [2.05, 4.69) is 19.9 Å². The molecule has 0 amide bonds. The molecule has 0 fully saturated rings. The van der Waals surface area contributed by atoms with Gasteiger partial charge in [-0.05, 0) is 37.5 Å². The summed E-state index contributed by atoms with van der Waals surface area (Å²) in [5.41, 5.74) is 0. The van der Waals surface area contributed by atoms with Crippen LogP contribution in [0.1, 0.15) is 322 Å². The summed E-state index contributed by atoms with van der Waals surface area (Å²) >= 11 is 0. The van der Waals surface area contributed by atoms with E-state index in [0.29, 0.717) is 18.3 Å². The lowest BCUT2D eigenvalue weighted by molar-refractivity contribution is -0.137. The van der Waals surface area contributed by atoms with Crippen LogP contribution in [0.4, 0.5) is 0 Å². The van der Waals surface area contributed by atoms with Gasteiger partial charge in [0.05, 0.1) is 0 Å². The van der Waals surface area contributed by atoms with Crippen LogP contribution in [0.15, 0.2) is 12.2 Å². The van der Waals surface area contributed by atoms with E-state index in [4.69, 9.17) is 5.11 Å². The van der Waals surface area contributed by atoms with Gasteiger partial charge in [0.15, 0.2) is 0 Å². The van der Waals surface area contributed by atoms with Crippen LogP contribution in [-0.4, -0.2) is 22.2 Å². The number of allylic oxidation sites excluding steroid dienone is 1. The highest BCUT2D eigenvalue weighted by atomic mass is 16.4. The van der Waals surface area contributed by atoms with Crippen LogP contribution >= 0.6 is 0 Å². The molecule has 356 valence electrons. The van der Waals surface area contributed by atoms with Crippen LogP contribution in [-0.2, 0) is 9.59 Å². The van der Waals surface area contributed by atoms with Gasteiger partial charge < -0.3 is 10.2 Å². The standard InChI is InChI=1S/C56H108O4/c1-3-5-7-9-11-13-15-17-19-21-23-27-31-35-39-43-47-53(48-44-40-36-32-29-25-26-30-34-38-42-46-50-55(57)58)54(51-52-56(59)60)49-45-41-37-33-28-24-22-20-18-16-14-12-10-8-6-4-2/h51-54H,3-50H2,1-2H3,(H,57,58)(H,59,60). The van der Waals surface area contributed by atoms with Gasteiger partial charge in [-0.3, -0.25) is 4.79 Å². The maximum Gasteiger partial charge on any atom is 0.327 e. The number of carboxylic acids is 2. The molecular formula is C56H108O4. The van der Waals surface area contributed by atoms with Gasteiger partial charge in [0.2, 0.25) is 0 Å². The molecule has 0 heterocycles. The van der Waals surface area contributed by atoms with Crippen molar-refractivity contribution in [2.75, 3.05) is 0 Å². The molecule has 0 aromatic heterocycles. The number of rotatable bonds is 52. The monoisotopic (exact) mass is 845 g/mol. The molecule has 2 atom stereocenters. The molecule has 0 rings (SSSR count). The average Bonchev–Trinajstić information content (AvgIpc) is 3.23. The molecule has 0 saturated carbocycles. The topological polar surface area (TPSA) is 74.6 Å². The van der Waals surface area contributed by atoms with E-state index in [-0.39, 0.29) is 0 Å². The smallest absolute Gasteiger partial charge is 0.327 e. The Bertz CT molecular complexity index is 882. The molecule has 0 spiro atoms. The van der Waals surface area contributed by atoms with E-state index in [1.54, 1.807) is 0 Å². The van der Waals surface area contributed by atoms with Crippen LogP contribution in [0.2, 0.25) is 0 Å². The first kappa shape index (κ1) is 58.7. The third kappa shape index (κ3) is 47.7. The van der Waals surface area contributed by atoms with Crippen molar-refractivity contribution in [3.05, 3.63) is 12.2 Å². The molecule has 0 aliphatic carbocycles. The summed E-state index contributed by atoms with van der Waals surface area (Å²) in [4.78, 5) is 22.3. The Morgan fingerprint density at radius 3 is 0.817 bits per heavy atom. The second kappa shape index (κ2) is 50.3. The maximum absolute atomic E-state index is 11.7. The summed E-state index contributed by atoms with van der Waals surface area (Å²) in [6.07, 6.45) is 67.1. The number of unbranched alkanes of at least 4 members (excludes halogenated alkanes) is 41. The van der Waals surface area contributed by atoms with E-state index in [0.717, 1.165) is 19.3 Å². The van der Waals surface area contributed by atoms with Crippen molar-refractivity contribution in [2.45, 2.75) is 322 Å². The zero-order valence-corrected chi connectivity index (χ0v) is 41.0. The van der Waals surface area contributed by atoms with Crippen LogP contribution in [0.5, 0.6) is 0 Å². The van der Waals surface area contributed by atoms with Crippen molar-refractivity contribution in [1.82, 2.24) is 0 Å². The molecule has 60 heavy (non-hydrogen) atoms. The SMILES string of the molecule is CCCCCCCCCCCCCCCCCCC(C=CC(=O)O)C(CCCCCCCCCCCCCCCCCC)CCCCCCCCCCCCCCC(=O)O. The Labute approximate surface area is 376 Å². The van der Waals surface area contributed by atoms with Crippen molar-refractivity contribution >= 4 is 11.9 Å². The van der Waals surface area contributed by atoms with E-state index in [1.807, 2.05) is 0 Å². The molecule has 0 aliphatic heterocycles.